The smallest absolute Gasteiger partial charge is 0.140 e. The van der Waals surface area contributed by atoms with E-state index in [0.29, 0.717) is 6.04 Å². The third-order valence-electron chi connectivity index (χ3n) is 6.12. The Bertz CT molecular complexity index is 761. The van der Waals surface area contributed by atoms with E-state index in [1.54, 1.807) is 12.1 Å². The van der Waals surface area contributed by atoms with Gasteiger partial charge < -0.3 is 9.42 Å². The van der Waals surface area contributed by atoms with Crippen LogP contribution in [0.15, 0.2) is 28.8 Å². The second-order valence-corrected chi connectivity index (χ2v) is 7.73. The molecular weight excluding hydrogens is 331 g/mol. The number of aromatic nitrogens is 1. The Kier molecular flexibility index (Phi) is 4.17. The molecule has 0 amide bonds. The highest BCUT2D eigenvalue weighted by atomic mass is 19.1. The Hall–Kier alpha value is -1.92. The SMILES string of the molecule is Fc1ccc(N2CCN(C3CN(Cc4noc5c4CCC5)C3)CC2)cc1. The summed E-state index contributed by atoms with van der Waals surface area (Å²) in [5, 5.41) is 4.28. The summed E-state index contributed by atoms with van der Waals surface area (Å²) in [6.45, 7) is 7.36. The van der Waals surface area contributed by atoms with Gasteiger partial charge in [-0.25, -0.2) is 4.39 Å². The summed E-state index contributed by atoms with van der Waals surface area (Å²) in [5.41, 5.74) is 3.67. The quantitative estimate of drug-likeness (QED) is 0.840. The van der Waals surface area contributed by atoms with E-state index in [9.17, 15) is 4.39 Å². The Morgan fingerprint density at radius 2 is 1.81 bits per heavy atom. The van der Waals surface area contributed by atoms with Crippen molar-refractivity contribution in [3.63, 3.8) is 0 Å². The number of hydrogen-bond acceptors (Lipinski definition) is 5. The van der Waals surface area contributed by atoms with Crippen LogP contribution in [-0.4, -0.2) is 60.3 Å². The molecule has 1 aromatic heterocycles. The predicted molar refractivity (Wildman–Crippen MR) is 97.8 cm³/mol. The highest BCUT2D eigenvalue weighted by Crippen LogP contribution is 2.28. The lowest BCUT2D eigenvalue weighted by molar-refractivity contribution is 0.0242. The highest BCUT2D eigenvalue weighted by Gasteiger charge is 2.34. The van der Waals surface area contributed by atoms with Crippen molar-refractivity contribution < 1.29 is 8.91 Å². The van der Waals surface area contributed by atoms with Gasteiger partial charge in [-0.15, -0.1) is 0 Å². The fraction of sp³-hybridized carbons (Fsp3) is 0.550. The first-order chi connectivity index (χ1) is 12.8. The van der Waals surface area contributed by atoms with Crippen LogP contribution >= 0.6 is 0 Å². The highest BCUT2D eigenvalue weighted by molar-refractivity contribution is 5.46. The largest absolute Gasteiger partial charge is 0.369 e. The number of nitrogens with zero attached hydrogens (tertiary/aromatic N) is 4. The van der Waals surface area contributed by atoms with Crippen molar-refractivity contribution in [3.05, 3.63) is 47.1 Å². The molecule has 0 atom stereocenters. The van der Waals surface area contributed by atoms with E-state index in [4.69, 9.17) is 4.52 Å². The van der Waals surface area contributed by atoms with E-state index >= 15 is 0 Å². The third-order valence-corrected chi connectivity index (χ3v) is 6.12. The number of benzene rings is 1. The van der Waals surface area contributed by atoms with E-state index in [1.807, 2.05) is 12.1 Å². The molecule has 138 valence electrons. The molecule has 0 radical (unpaired) electrons. The van der Waals surface area contributed by atoms with E-state index in [-0.39, 0.29) is 5.82 Å². The van der Waals surface area contributed by atoms with Crippen LogP contribution in [0.25, 0.3) is 0 Å². The normalized spacial score (nSPS) is 21.8. The van der Waals surface area contributed by atoms with Crippen LogP contribution < -0.4 is 4.90 Å². The average molecular weight is 356 g/mol. The number of halogens is 1. The first-order valence-corrected chi connectivity index (χ1v) is 9.69. The zero-order valence-corrected chi connectivity index (χ0v) is 15.0. The standard InChI is InChI=1S/C20H25FN4O/c21-15-4-6-16(7-5-15)24-8-10-25(11-9-24)17-12-23(13-17)14-19-18-2-1-3-20(18)26-22-19/h4-7,17H,1-3,8-14H2. The fourth-order valence-corrected chi connectivity index (χ4v) is 4.52. The molecule has 2 aromatic rings. The van der Waals surface area contributed by atoms with E-state index in [0.717, 1.165) is 75.8 Å². The Labute approximate surface area is 153 Å². The molecule has 0 spiro atoms. The molecule has 5 nitrogen and oxygen atoms in total. The molecule has 0 bridgehead atoms. The van der Waals surface area contributed by atoms with Crippen LogP contribution in [0.1, 0.15) is 23.4 Å². The average Bonchev–Trinajstić information content (AvgIpc) is 3.23. The molecule has 6 heteroatoms. The lowest BCUT2D eigenvalue weighted by Crippen LogP contribution is -2.62. The number of rotatable bonds is 4. The van der Waals surface area contributed by atoms with Crippen LogP contribution in [0.3, 0.4) is 0 Å². The second kappa shape index (κ2) is 6.67. The van der Waals surface area contributed by atoms with Crippen molar-refractivity contribution in [3.8, 4) is 0 Å². The third kappa shape index (κ3) is 3.01. The molecule has 0 N–H and O–H groups in total. The molecule has 0 unspecified atom stereocenters. The number of piperazine rings is 1. The van der Waals surface area contributed by atoms with Gasteiger partial charge in [0.05, 0.1) is 0 Å². The summed E-state index contributed by atoms with van der Waals surface area (Å²) < 4.78 is 18.5. The summed E-state index contributed by atoms with van der Waals surface area (Å²) in [6.07, 6.45) is 3.41. The maximum absolute atomic E-state index is 13.1. The minimum absolute atomic E-state index is 0.167. The van der Waals surface area contributed by atoms with Crippen molar-refractivity contribution in [1.82, 2.24) is 15.0 Å². The minimum atomic E-state index is -0.167. The van der Waals surface area contributed by atoms with Crippen LogP contribution in [0.2, 0.25) is 0 Å². The molecule has 0 saturated carbocycles. The van der Waals surface area contributed by atoms with Crippen LogP contribution in [0, 0.1) is 5.82 Å². The number of likely N-dealkylation sites (tertiary alicyclic amines) is 1. The Morgan fingerprint density at radius 3 is 2.58 bits per heavy atom. The maximum Gasteiger partial charge on any atom is 0.140 e. The molecule has 3 heterocycles. The zero-order chi connectivity index (χ0) is 17.5. The molecule has 1 aromatic carbocycles. The topological polar surface area (TPSA) is 35.8 Å². The minimum Gasteiger partial charge on any atom is -0.369 e. The molecule has 3 aliphatic rings. The van der Waals surface area contributed by atoms with Gasteiger partial charge in [0.15, 0.2) is 0 Å². The first-order valence-electron chi connectivity index (χ1n) is 9.69. The maximum atomic E-state index is 13.1. The van der Waals surface area contributed by atoms with Gasteiger partial charge in [-0.2, -0.15) is 0 Å². The van der Waals surface area contributed by atoms with Crippen molar-refractivity contribution in [2.45, 2.75) is 31.8 Å². The Balaban J connectivity index is 1.10. The van der Waals surface area contributed by atoms with Gasteiger partial charge in [0.2, 0.25) is 0 Å². The lowest BCUT2D eigenvalue weighted by atomic mass is 10.0. The van der Waals surface area contributed by atoms with Gasteiger partial charge >= 0.3 is 0 Å². The number of anilines is 1. The van der Waals surface area contributed by atoms with Crippen molar-refractivity contribution in [1.29, 1.82) is 0 Å². The van der Waals surface area contributed by atoms with Gasteiger partial charge in [0, 0.05) is 69.5 Å². The molecule has 2 fully saturated rings. The molecular formula is C20H25FN4O. The van der Waals surface area contributed by atoms with Gasteiger partial charge in [0.1, 0.15) is 17.3 Å². The van der Waals surface area contributed by atoms with Crippen molar-refractivity contribution in [2.75, 3.05) is 44.2 Å². The van der Waals surface area contributed by atoms with Gasteiger partial charge in [-0.05, 0) is 37.1 Å². The summed E-state index contributed by atoms with van der Waals surface area (Å²) in [5.74, 6) is 0.952. The number of hydrogen-bond donors (Lipinski definition) is 0. The summed E-state index contributed by atoms with van der Waals surface area (Å²) in [4.78, 5) is 7.43. The van der Waals surface area contributed by atoms with E-state index in [1.165, 1.54) is 12.0 Å². The molecule has 5 rings (SSSR count). The van der Waals surface area contributed by atoms with E-state index < -0.39 is 0 Å². The first kappa shape index (κ1) is 16.3. The summed E-state index contributed by atoms with van der Waals surface area (Å²) >= 11 is 0. The number of fused-ring (bicyclic) bond motifs is 1. The van der Waals surface area contributed by atoms with Crippen LogP contribution in [0.5, 0.6) is 0 Å². The molecule has 2 aliphatic heterocycles. The Morgan fingerprint density at radius 1 is 1.04 bits per heavy atom. The molecule has 1 aliphatic carbocycles. The molecule has 2 saturated heterocycles. The second-order valence-electron chi connectivity index (χ2n) is 7.73. The van der Waals surface area contributed by atoms with E-state index in [2.05, 4.69) is 19.9 Å². The van der Waals surface area contributed by atoms with Gasteiger partial charge in [0.25, 0.3) is 0 Å². The van der Waals surface area contributed by atoms with Gasteiger partial charge in [-0.3, -0.25) is 9.80 Å². The monoisotopic (exact) mass is 356 g/mol. The van der Waals surface area contributed by atoms with Crippen molar-refractivity contribution in [2.24, 2.45) is 0 Å². The molecule has 26 heavy (non-hydrogen) atoms. The lowest BCUT2D eigenvalue weighted by Gasteiger charge is -2.48. The summed E-state index contributed by atoms with van der Waals surface area (Å²) in [6, 6.07) is 7.52. The summed E-state index contributed by atoms with van der Waals surface area (Å²) in [7, 11) is 0. The van der Waals surface area contributed by atoms with Crippen LogP contribution in [-0.2, 0) is 19.4 Å². The number of aryl methyl sites for hydroxylation is 1. The zero-order valence-electron chi connectivity index (χ0n) is 15.0. The predicted octanol–water partition coefficient (Wildman–Crippen LogP) is 2.31. The van der Waals surface area contributed by atoms with Crippen molar-refractivity contribution >= 4 is 5.69 Å². The fourth-order valence-electron chi connectivity index (χ4n) is 4.52. The van der Waals surface area contributed by atoms with Gasteiger partial charge in [-0.1, -0.05) is 5.16 Å². The van der Waals surface area contributed by atoms with Crippen LogP contribution in [0.4, 0.5) is 10.1 Å².